The summed E-state index contributed by atoms with van der Waals surface area (Å²) in [7, 11) is 0. The molecule has 4 N–H and O–H groups in total. The van der Waals surface area contributed by atoms with Crippen LogP contribution in [0.2, 0.25) is 0 Å². The van der Waals surface area contributed by atoms with E-state index in [0.717, 1.165) is 24.0 Å². The van der Waals surface area contributed by atoms with Gasteiger partial charge in [-0.05, 0) is 13.3 Å². The van der Waals surface area contributed by atoms with E-state index < -0.39 is 6.03 Å². The standard InChI is InChI=1S/C21H27N3O2/c1-3-4-14-22-21(26)24-19(25)15-23-20(17-8-6-5-7-9-17)18-12-10-16(2)11-13-18/h5-13,20,23H,3-4,14-15H2,1-2H3,(H2,22,24,25,26)/p+1/t20-/m0/s1. The first-order valence-electron chi connectivity index (χ1n) is 9.12. The van der Waals surface area contributed by atoms with Gasteiger partial charge >= 0.3 is 6.03 Å². The number of carbonyl (C=O) groups is 2. The molecule has 5 nitrogen and oxygen atoms in total. The van der Waals surface area contributed by atoms with Gasteiger partial charge in [-0.3, -0.25) is 10.1 Å². The molecule has 26 heavy (non-hydrogen) atoms. The lowest BCUT2D eigenvalue weighted by molar-refractivity contribution is -0.676. The maximum atomic E-state index is 12.1. The topological polar surface area (TPSA) is 74.8 Å². The van der Waals surface area contributed by atoms with E-state index in [4.69, 9.17) is 0 Å². The van der Waals surface area contributed by atoms with Gasteiger partial charge in [0.05, 0.1) is 0 Å². The number of amides is 3. The Kier molecular flexibility index (Phi) is 7.83. The molecule has 3 amide bonds. The summed E-state index contributed by atoms with van der Waals surface area (Å²) >= 11 is 0. The number of rotatable bonds is 8. The lowest BCUT2D eigenvalue weighted by atomic mass is 9.98. The molecule has 0 bridgehead atoms. The van der Waals surface area contributed by atoms with Crippen LogP contribution in [0.25, 0.3) is 0 Å². The van der Waals surface area contributed by atoms with Crippen molar-refractivity contribution in [2.24, 2.45) is 0 Å². The van der Waals surface area contributed by atoms with Crippen LogP contribution >= 0.6 is 0 Å². The SMILES string of the molecule is CCCCNC(=O)NC(=O)C[NH2+][C@@H](c1ccccc1)c1ccc(C)cc1. The van der Waals surface area contributed by atoms with E-state index in [-0.39, 0.29) is 18.5 Å². The molecule has 0 saturated carbocycles. The van der Waals surface area contributed by atoms with Gasteiger partial charge in [-0.1, -0.05) is 73.5 Å². The molecule has 2 rings (SSSR count). The van der Waals surface area contributed by atoms with E-state index in [1.54, 1.807) is 0 Å². The van der Waals surface area contributed by atoms with Gasteiger partial charge in [-0.25, -0.2) is 4.79 Å². The first-order chi connectivity index (χ1) is 12.6. The minimum Gasteiger partial charge on any atom is -0.338 e. The van der Waals surface area contributed by atoms with Crippen LogP contribution in [0.1, 0.15) is 42.5 Å². The molecule has 2 aromatic carbocycles. The van der Waals surface area contributed by atoms with E-state index in [1.165, 1.54) is 5.56 Å². The zero-order valence-electron chi connectivity index (χ0n) is 15.5. The zero-order valence-corrected chi connectivity index (χ0v) is 15.5. The van der Waals surface area contributed by atoms with Crippen LogP contribution in [0, 0.1) is 6.92 Å². The number of nitrogens with two attached hydrogens (primary N) is 1. The van der Waals surface area contributed by atoms with Crippen molar-refractivity contribution in [3.8, 4) is 0 Å². The third kappa shape index (κ3) is 6.33. The Labute approximate surface area is 155 Å². The van der Waals surface area contributed by atoms with Crippen molar-refractivity contribution in [1.29, 1.82) is 0 Å². The molecule has 0 unspecified atom stereocenters. The summed E-state index contributed by atoms with van der Waals surface area (Å²) in [5, 5.41) is 7.03. The van der Waals surface area contributed by atoms with Crippen molar-refractivity contribution >= 4 is 11.9 Å². The number of carbonyl (C=O) groups excluding carboxylic acids is 2. The van der Waals surface area contributed by atoms with Crippen molar-refractivity contribution in [2.45, 2.75) is 32.7 Å². The Bertz CT molecular complexity index is 699. The van der Waals surface area contributed by atoms with Gasteiger partial charge in [0.1, 0.15) is 6.04 Å². The van der Waals surface area contributed by atoms with Gasteiger partial charge in [0, 0.05) is 17.7 Å². The number of aryl methyl sites for hydroxylation is 1. The number of urea groups is 1. The molecule has 0 heterocycles. The average molecular weight is 354 g/mol. The Morgan fingerprint density at radius 3 is 2.31 bits per heavy atom. The molecule has 138 valence electrons. The summed E-state index contributed by atoms with van der Waals surface area (Å²) < 4.78 is 0. The van der Waals surface area contributed by atoms with Gasteiger partial charge in [-0.15, -0.1) is 0 Å². The molecule has 2 aromatic rings. The normalized spacial score (nSPS) is 11.6. The number of nitrogens with one attached hydrogen (secondary N) is 2. The van der Waals surface area contributed by atoms with Crippen molar-refractivity contribution < 1.29 is 14.9 Å². The van der Waals surface area contributed by atoms with Gasteiger partial charge in [-0.2, -0.15) is 0 Å². The molecule has 0 aliphatic carbocycles. The van der Waals surface area contributed by atoms with Crippen molar-refractivity contribution in [1.82, 2.24) is 10.6 Å². The minimum atomic E-state index is -0.427. The largest absolute Gasteiger partial charge is 0.338 e. The summed E-state index contributed by atoms with van der Waals surface area (Å²) in [5.74, 6) is -0.299. The third-order valence-electron chi connectivity index (χ3n) is 4.20. The maximum absolute atomic E-state index is 12.1. The van der Waals surface area contributed by atoms with Crippen LogP contribution in [-0.2, 0) is 4.79 Å². The van der Waals surface area contributed by atoms with Crippen LogP contribution in [-0.4, -0.2) is 25.0 Å². The van der Waals surface area contributed by atoms with Crippen molar-refractivity contribution in [3.63, 3.8) is 0 Å². The Morgan fingerprint density at radius 1 is 1.00 bits per heavy atom. The van der Waals surface area contributed by atoms with Gasteiger partial charge in [0.25, 0.3) is 5.91 Å². The van der Waals surface area contributed by atoms with E-state index in [1.807, 2.05) is 23.5 Å². The lowest BCUT2D eigenvalue weighted by Gasteiger charge is -2.16. The first kappa shape index (κ1) is 19.7. The average Bonchev–Trinajstić information content (AvgIpc) is 2.64. The molecule has 0 aromatic heterocycles. The Hall–Kier alpha value is -2.66. The smallest absolute Gasteiger partial charge is 0.321 e. The second-order valence-electron chi connectivity index (χ2n) is 6.40. The third-order valence-corrected chi connectivity index (χ3v) is 4.20. The van der Waals surface area contributed by atoms with Crippen molar-refractivity contribution in [2.75, 3.05) is 13.1 Å². The highest BCUT2D eigenvalue weighted by Gasteiger charge is 2.19. The molecule has 0 aliphatic heterocycles. The first-order valence-corrected chi connectivity index (χ1v) is 9.12. The van der Waals surface area contributed by atoms with Crippen LogP contribution in [0.3, 0.4) is 0 Å². The maximum Gasteiger partial charge on any atom is 0.321 e. The number of hydrogen-bond donors (Lipinski definition) is 3. The Balaban J connectivity index is 1.98. The predicted molar refractivity (Wildman–Crippen MR) is 103 cm³/mol. The zero-order chi connectivity index (χ0) is 18.8. The lowest BCUT2D eigenvalue weighted by Crippen LogP contribution is -2.88. The van der Waals surface area contributed by atoms with Gasteiger partial charge < -0.3 is 10.6 Å². The number of hydrogen-bond acceptors (Lipinski definition) is 2. The molecule has 0 radical (unpaired) electrons. The fourth-order valence-corrected chi connectivity index (χ4v) is 2.72. The highest BCUT2D eigenvalue weighted by Crippen LogP contribution is 2.18. The summed E-state index contributed by atoms with van der Waals surface area (Å²) in [6.45, 7) is 4.86. The second-order valence-corrected chi connectivity index (χ2v) is 6.40. The number of imide groups is 1. The Morgan fingerprint density at radius 2 is 1.65 bits per heavy atom. The van der Waals surface area contributed by atoms with Crippen LogP contribution in [0.5, 0.6) is 0 Å². The van der Waals surface area contributed by atoms with Gasteiger partial charge in [0.15, 0.2) is 6.54 Å². The number of benzene rings is 2. The quantitative estimate of drug-likeness (QED) is 0.636. The van der Waals surface area contributed by atoms with Crippen LogP contribution < -0.4 is 16.0 Å². The van der Waals surface area contributed by atoms with E-state index in [0.29, 0.717) is 6.54 Å². The molecular weight excluding hydrogens is 326 g/mol. The second kappa shape index (κ2) is 10.4. The summed E-state index contributed by atoms with van der Waals surface area (Å²) in [6, 6.07) is 17.9. The van der Waals surface area contributed by atoms with Crippen LogP contribution in [0.4, 0.5) is 4.79 Å². The summed E-state index contributed by atoms with van der Waals surface area (Å²) in [4.78, 5) is 23.8. The van der Waals surface area contributed by atoms with E-state index >= 15 is 0 Å². The molecule has 0 fully saturated rings. The highest BCUT2D eigenvalue weighted by atomic mass is 16.2. The minimum absolute atomic E-state index is 0.00528. The highest BCUT2D eigenvalue weighted by molar-refractivity contribution is 5.94. The predicted octanol–water partition coefficient (Wildman–Crippen LogP) is 2.27. The molecule has 0 spiro atoms. The molecule has 0 saturated heterocycles. The summed E-state index contributed by atoms with van der Waals surface area (Å²) in [5.41, 5.74) is 3.45. The molecule has 0 aliphatic rings. The number of unbranched alkanes of at least 4 members (excludes halogenated alkanes) is 1. The monoisotopic (exact) mass is 354 g/mol. The van der Waals surface area contributed by atoms with Gasteiger partial charge in [0.2, 0.25) is 0 Å². The van der Waals surface area contributed by atoms with E-state index in [9.17, 15) is 9.59 Å². The summed E-state index contributed by atoms with van der Waals surface area (Å²) in [6.07, 6.45) is 1.90. The number of quaternary nitrogens is 1. The molecule has 1 atom stereocenters. The fourth-order valence-electron chi connectivity index (χ4n) is 2.72. The fraction of sp³-hybridized carbons (Fsp3) is 0.333. The molecule has 5 heteroatoms. The van der Waals surface area contributed by atoms with Crippen LogP contribution in [0.15, 0.2) is 54.6 Å². The van der Waals surface area contributed by atoms with Crippen molar-refractivity contribution in [3.05, 3.63) is 71.3 Å². The molecular formula is C21H28N3O2+. The van der Waals surface area contributed by atoms with E-state index in [2.05, 4.69) is 60.9 Å².